The van der Waals surface area contributed by atoms with E-state index in [9.17, 15) is 14.9 Å². The lowest BCUT2D eigenvalue weighted by Gasteiger charge is -2.24. The highest BCUT2D eigenvalue weighted by molar-refractivity contribution is 7.07. The van der Waals surface area contributed by atoms with Crippen molar-refractivity contribution in [2.45, 2.75) is 26.0 Å². The number of anilines is 1. The molecule has 2 heterocycles. The summed E-state index contributed by atoms with van der Waals surface area (Å²) in [6.45, 7) is 2.43. The molecule has 0 unspecified atom stereocenters. The van der Waals surface area contributed by atoms with Gasteiger partial charge in [0.2, 0.25) is 0 Å². The summed E-state index contributed by atoms with van der Waals surface area (Å²) in [5.74, 6) is -0.0388. The number of ether oxygens (including phenoxy) is 2. The van der Waals surface area contributed by atoms with E-state index < -0.39 is 10.8 Å². The van der Waals surface area contributed by atoms with Gasteiger partial charge in [0.15, 0.2) is 11.5 Å². The molecule has 0 bridgehead atoms. The fraction of sp³-hybridized carbons (Fsp3) is 0.333. The minimum absolute atomic E-state index is 0.0518. The zero-order valence-electron chi connectivity index (χ0n) is 19.1. The Labute approximate surface area is 201 Å². The van der Waals surface area contributed by atoms with Crippen LogP contribution in [0.1, 0.15) is 34.5 Å². The molecule has 3 aromatic rings. The van der Waals surface area contributed by atoms with E-state index in [0.717, 1.165) is 37.2 Å². The Morgan fingerprint density at radius 2 is 2.00 bits per heavy atom. The standard InChI is InChI=1S/C24H26N4O5S/c1-26(13-17-7-3-4-8-20(17)27-9-5-6-10-27)24(29)19-11-22(32-2)23(12-21(19)28(30)31)33-14-18-15-34-16-25-18/h3-4,7-8,11-12,15-16H,5-6,9-10,13-14H2,1-2H3. The molecule has 10 heteroatoms. The molecule has 1 fully saturated rings. The van der Waals surface area contributed by atoms with Crippen LogP contribution in [0, 0.1) is 10.1 Å². The molecular formula is C24H26N4O5S. The fourth-order valence-corrected chi connectivity index (χ4v) is 4.59. The molecule has 1 amide bonds. The summed E-state index contributed by atoms with van der Waals surface area (Å²) >= 11 is 1.43. The molecule has 0 spiro atoms. The van der Waals surface area contributed by atoms with Crippen LogP contribution in [-0.4, -0.2) is 48.0 Å². The van der Waals surface area contributed by atoms with Crippen LogP contribution in [0.2, 0.25) is 0 Å². The third-order valence-electron chi connectivity index (χ3n) is 5.76. The summed E-state index contributed by atoms with van der Waals surface area (Å²) < 4.78 is 11.1. The van der Waals surface area contributed by atoms with Crippen LogP contribution in [0.25, 0.3) is 0 Å². The molecule has 4 rings (SSSR count). The summed E-state index contributed by atoms with van der Waals surface area (Å²) in [5, 5.41) is 13.7. The SMILES string of the molecule is COc1cc(C(=O)N(C)Cc2ccccc2N2CCCC2)c([N+](=O)[O-])cc1OCc1cscn1. The van der Waals surface area contributed by atoms with E-state index in [0.29, 0.717) is 12.2 Å². The Balaban J connectivity index is 1.59. The van der Waals surface area contributed by atoms with Crippen molar-refractivity contribution < 1.29 is 19.2 Å². The van der Waals surface area contributed by atoms with Crippen LogP contribution in [0.15, 0.2) is 47.3 Å². The summed E-state index contributed by atoms with van der Waals surface area (Å²) in [6.07, 6.45) is 2.29. The second-order valence-electron chi connectivity index (χ2n) is 8.03. The van der Waals surface area contributed by atoms with Gasteiger partial charge in [-0.3, -0.25) is 14.9 Å². The molecule has 1 aliphatic rings. The summed E-state index contributed by atoms with van der Waals surface area (Å²) in [7, 11) is 3.08. The lowest BCUT2D eigenvalue weighted by molar-refractivity contribution is -0.385. The highest BCUT2D eigenvalue weighted by Crippen LogP contribution is 2.36. The molecule has 178 valence electrons. The van der Waals surface area contributed by atoms with Crippen molar-refractivity contribution in [3.05, 3.63) is 74.2 Å². The predicted molar refractivity (Wildman–Crippen MR) is 130 cm³/mol. The van der Waals surface area contributed by atoms with E-state index >= 15 is 0 Å². The molecule has 0 radical (unpaired) electrons. The summed E-state index contributed by atoms with van der Waals surface area (Å²) in [5.41, 5.74) is 4.09. The number of nitro benzene ring substituents is 1. The maximum Gasteiger partial charge on any atom is 0.286 e. The van der Waals surface area contributed by atoms with Crippen LogP contribution >= 0.6 is 11.3 Å². The largest absolute Gasteiger partial charge is 0.493 e. The Morgan fingerprint density at radius 3 is 2.68 bits per heavy atom. The van der Waals surface area contributed by atoms with Crippen LogP contribution < -0.4 is 14.4 Å². The van der Waals surface area contributed by atoms with Crippen molar-refractivity contribution in [2.24, 2.45) is 0 Å². The number of hydrogen-bond acceptors (Lipinski definition) is 8. The van der Waals surface area contributed by atoms with Gasteiger partial charge in [-0.05, 0) is 24.5 Å². The zero-order valence-corrected chi connectivity index (χ0v) is 19.9. The van der Waals surface area contributed by atoms with Crippen LogP contribution in [-0.2, 0) is 13.2 Å². The third kappa shape index (κ3) is 5.12. The topological polar surface area (TPSA) is 98.0 Å². The number of aromatic nitrogens is 1. The maximum atomic E-state index is 13.3. The van der Waals surface area contributed by atoms with E-state index in [1.807, 2.05) is 23.6 Å². The Hall–Kier alpha value is -3.66. The molecular weight excluding hydrogens is 456 g/mol. The minimum atomic E-state index is -0.575. The smallest absolute Gasteiger partial charge is 0.286 e. The van der Waals surface area contributed by atoms with Crippen molar-refractivity contribution in [3.63, 3.8) is 0 Å². The van der Waals surface area contributed by atoms with Crippen molar-refractivity contribution in [3.8, 4) is 11.5 Å². The number of methoxy groups -OCH3 is 1. The first-order valence-corrected chi connectivity index (χ1v) is 11.9. The Morgan fingerprint density at radius 1 is 1.24 bits per heavy atom. The maximum absolute atomic E-state index is 13.3. The number of hydrogen-bond donors (Lipinski definition) is 0. The Bertz CT molecular complexity index is 1160. The number of carbonyl (C=O) groups is 1. The van der Waals surface area contributed by atoms with Gasteiger partial charge in [0.05, 0.1) is 29.3 Å². The summed E-state index contributed by atoms with van der Waals surface area (Å²) in [6, 6.07) is 10.6. The van der Waals surface area contributed by atoms with E-state index in [1.54, 1.807) is 12.6 Å². The van der Waals surface area contributed by atoms with Gasteiger partial charge >= 0.3 is 0 Å². The van der Waals surface area contributed by atoms with Gasteiger partial charge in [-0.15, -0.1) is 11.3 Å². The number of amides is 1. The molecule has 0 atom stereocenters. The lowest BCUT2D eigenvalue weighted by Crippen LogP contribution is -2.28. The van der Waals surface area contributed by atoms with Crippen molar-refractivity contribution in [1.29, 1.82) is 0 Å². The lowest BCUT2D eigenvalue weighted by atomic mass is 10.1. The van der Waals surface area contributed by atoms with Crippen LogP contribution in [0.3, 0.4) is 0 Å². The van der Waals surface area contributed by atoms with Gasteiger partial charge in [0.25, 0.3) is 11.6 Å². The van der Waals surface area contributed by atoms with Gasteiger partial charge in [-0.2, -0.15) is 0 Å². The first kappa shape index (κ1) is 23.5. The highest BCUT2D eigenvalue weighted by atomic mass is 32.1. The molecule has 0 N–H and O–H groups in total. The van der Waals surface area contributed by atoms with Gasteiger partial charge < -0.3 is 19.3 Å². The van der Waals surface area contributed by atoms with E-state index in [4.69, 9.17) is 9.47 Å². The highest BCUT2D eigenvalue weighted by Gasteiger charge is 2.28. The van der Waals surface area contributed by atoms with Crippen LogP contribution in [0.4, 0.5) is 11.4 Å². The van der Waals surface area contributed by atoms with Gasteiger partial charge in [0, 0.05) is 43.8 Å². The number of nitro groups is 1. The first-order chi connectivity index (χ1) is 16.5. The molecule has 1 aliphatic heterocycles. The molecule has 0 aliphatic carbocycles. The van der Waals surface area contributed by atoms with E-state index in [2.05, 4.69) is 16.0 Å². The average Bonchev–Trinajstić information content (AvgIpc) is 3.56. The van der Waals surface area contributed by atoms with E-state index in [-0.39, 0.29) is 29.4 Å². The summed E-state index contributed by atoms with van der Waals surface area (Å²) in [4.78, 5) is 32.5. The molecule has 0 saturated carbocycles. The Kier molecular flexibility index (Phi) is 7.27. The molecule has 1 aromatic heterocycles. The predicted octanol–water partition coefficient (Wildman–Crippen LogP) is 4.51. The van der Waals surface area contributed by atoms with Gasteiger partial charge in [-0.1, -0.05) is 18.2 Å². The molecule has 2 aromatic carbocycles. The van der Waals surface area contributed by atoms with Gasteiger partial charge in [-0.25, -0.2) is 4.98 Å². The number of carbonyl (C=O) groups excluding carboxylic acids is 1. The zero-order chi connectivity index (χ0) is 24.1. The monoisotopic (exact) mass is 482 g/mol. The number of rotatable bonds is 9. The second-order valence-corrected chi connectivity index (χ2v) is 8.75. The average molecular weight is 483 g/mol. The van der Waals surface area contributed by atoms with E-state index in [1.165, 1.54) is 35.5 Å². The molecule has 9 nitrogen and oxygen atoms in total. The van der Waals surface area contributed by atoms with Crippen LogP contribution in [0.5, 0.6) is 11.5 Å². The van der Waals surface area contributed by atoms with Crippen molar-refractivity contribution >= 4 is 28.6 Å². The number of nitrogens with zero attached hydrogens (tertiary/aromatic N) is 4. The normalized spacial score (nSPS) is 13.1. The van der Waals surface area contributed by atoms with Crippen molar-refractivity contribution in [1.82, 2.24) is 9.88 Å². The first-order valence-electron chi connectivity index (χ1n) is 10.9. The second kappa shape index (κ2) is 10.5. The number of thiazole rings is 1. The molecule has 34 heavy (non-hydrogen) atoms. The van der Waals surface area contributed by atoms with Crippen molar-refractivity contribution in [2.75, 3.05) is 32.1 Å². The fourth-order valence-electron chi connectivity index (χ4n) is 4.05. The third-order valence-corrected chi connectivity index (χ3v) is 6.40. The quantitative estimate of drug-likeness (QED) is 0.327. The molecule has 1 saturated heterocycles. The number of benzene rings is 2. The van der Waals surface area contributed by atoms with Gasteiger partial charge in [0.1, 0.15) is 12.2 Å². The minimum Gasteiger partial charge on any atom is -0.493 e. The number of para-hydroxylation sites is 1.